The van der Waals surface area contributed by atoms with Crippen molar-refractivity contribution in [1.29, 1.82) is 0 Å². The molecule has 1 N–H and O–H groups in total. The van der Waals surface area contributed by atoms with Crippen LogP contribution in [0.15, 0.2) is 36.4 Å². The number of halogens is 4. The second kappa shape index (κ2) is 12.5. The Morgan fingerprint density at radius 3 is 2.28 bits per heavy atom. The summed E-state index contributed by atoms with van der Waals surface area (Å²) in [6.45, 7) is 5.62. The van der Waals surface area contributed by atoms with E-state index in [4.69, 9.17) is 51.1 Å². The number of carbonyl (C=O) groups excluding carboxylic acids is 2. The summed E-state index contributed by atoms with van der Waals surface area (Å²) in [5, 5.41) is 4.50. The molecule has 0 bridgehead atoms. The van der Waals surface area contributed by atoms with Gasteiger partial charge in [0, 0.05) is 17.6 Å². The van der Waals surface area contributed by atoms with Crippen molar-refractivity contribution in [2.45, 2.75) is 52.2 Å². The Bertz CT molecular complexity index is 955. The van der Waals surface area contributed by atoms with Crippen LogP contribution in [0.2, 0.25) is 20.1 Å². The molecule has 2 rings (SSSR count). The minimum absolute atomic E-state index is 0.0115. The molecule has 9 heteroatoms. The van der Waals surface area contributed by atoms with Crippen molar-refractivity contribution in [3.8, 4) is 5.75 Å². The molecule has 0 aliphatic heterocycles. The van der Waals surface area contributed by atoms with Gasteiger partial charge in [0.2, 0.25) is 5.91 Å². The van der Waals surface area contributed by atoms with Gasteiger partial charge in [-0.05, 0) is 55.7 Å². The third kappa shape index (κ3) is 7.45. The Hall–Kier alpha value is -1.66. The molecule has 174 valence electrons. The zero-order valence-corrected chi connectivity index (χ0v) is 21.2. The fourth-order valence-corrected chi connectivity index (χ4v) is 3.79. The van der Waals surface area contributed by atoms with Crippen LogP contribution in [0, 0.1) is 0 Å². The Morgan fingerprint density at radius 2 is 1.69 bits per heavy atom. The molecule has 32 heavy (non-hydrogen) atoms. The number of ether oxygens (including phenoxy) is 1. The van der Waals surface area contributed by atoms with Gasteiger partial charge in [-0.1, -0.05) is 66.3 Å². The fourth-order valence-electron chi connectivity index (χ4n) is 3.01. The van der Waals surface area contributed by atoms with Gasteiger partial charge in [0.05, 0.1) is 15.1 Å². The van der Waals surface area contributed by atoms with Gasteiger partial charge in [0.1, 0.15) is 11.8 Å². The maximum absolute atomic E-state index is 13.2. The minimum Gasteiger partial charge on any atom is -0.482 e. The molecule has 0 aliphatic carbocycles. The summed E-state index contributed by atoms with van der Waals surface area (Å²) in [6.07, 6.45) is 1.21. The number of carbonyl (C=O) groups is 2. The van der Waals surface area contributed by atoms with Crippen molar-refractivity contribution < 1.29 is 14.3 Å². The highest BCUT2D eigenvalue weighted by molar-refractivity contribution is 6.42. The van der Waals surface area contributed by atoms with Gasteiger partial charge in [-0.3, -0.25) is 9.59 Å². The third-order valence-corrected chi connectivity index (χ3v) is 6.24. The van der Waals surface area contributed by atoms with E-state index in [1.54, 1.807) is 30.3 Å². The van der Waals surface area contributed by atoms with Crippen molar-refractivity contribution in [3.63, 3.8) is 0 Å². The highest BCUT2D eigenvalue weighted by Gasteiger charge is 2.29. The van der Waals surface area contributed by atoms with E-state index in [2.05, 4.69) is 5.32 Å². The zero-order valence-electron chi connectivity index (χ0n) is 18.1. The first kappa shape index (κ1) is 26.6. The molecule has 0 aromatic heterocycles. The lowest BCUT2D eigenvalue weighted by Gasteiger charge is -2.31. The van der Waals surface area contributed by atoms with E-state index in [0.717, 1.165) is 12.0 Å². The van der Waals surface area contributed by atoms with Gasteiger partial charge >= 0.3 is 0 Å². The SMILES string of the molecule is CC[C@@H](C)NC(=O)[C@@H](CC)N(Cc1ccc(Cl)c(Cl)c1)C(=O)COc1ccc(Cl)cc1Cl. The topological polar surface area (TPSA) is 58.6 Å². The third-order valence-electron chi connectivity index (χ3n) is 4.97. The highest BCUT2D eigenvalue weighted by Crippen LogP contribution is 2.28. The molecule has 2 atom stereocenters. The maximum atomic E-state index is 13.2. The summed E-state index contributed by atoms with van der Waals surface area (Å²) >= 11 is 24.2. The van der Waals surface area contributed by atoms with Crippen LogP contribution in [-0.2, 0) is 16.1 Å². The van der Waals surface area contributed by atoms with E-state index in [1.165, 1.54) is 11.0 Å². The molecule has 2 amide bonds. The predicted molar refractivity (Wildman–Crippen MR) is 131 cm³/mol. The van der Waals surface area contributed by atoms with E-state index in [0.29, 0.717) is 32.3 Å². The fraction of sp³-hybridized carbons (Fsp3) is 0.391. The normalized spacial score (nSPS) is 12.7. The second-order valence-corrected chi connectivity index (χ2v) is 9.03. The van der Waals surface area contributed by atoms with Gasteiger partial charge in [0.25, 0.3) is 5.91 Å². The molecule has 2 aromatic rings. The van der Waals surface area contributed by atoms with Crippen molar-refractivity contribution >= 4 is 58.2 Å². The van der Waals surface area contributed by atoms with Crippen molar-refractivity contribution in [3.05, 3.63) is 62.1 Å². The van der Waals surface area contributed by atoms with Gasteiger partial charge in [0.15, 0.2) is 6.61 Å². The molecule has 0 fully saturated rings. The van der Waals surface area contributed by atoms with Gasteiger partial charge in [-0.25, -0.2) is 0 Å². The minimum atomic E-state index is -0.685. The van der Waals surface area contributed by atoms with Gasteiger partial charge in [-0.15, -0.1) is 0 Å². The van der Waals surface area contributed by atoms with E-state index >= 15 is 0 Å². The van der Waals surface area contributed by atoms with Crippen molar-refractivity contribution in [1.82, 2.24) is 10.2 Å². The lowest BCUT2D eigenvalue weighted by molar-refractivity contribution is -0.143. The number of nitrogens with zero attached hydrogens (tertiary/aromatic N) is 1. The van der Waals surface area contributed by atoms with Crippen LogP contribution in [0.3, 0.4) is 0 Å². The van der Waals surface area contributed by atoms with Crippen LogP contribution in [0.4, 0.5) is 0 Å². The molecule has 0 radical (unpaired) electrons. The highest BCUT2D eigenvalue weighted by atomic mass is 35.5. The summed E-state index contributed by atoms with van der Waals surface area (Å²) in [5.74, 6) is -0.260. The van der Waals surface area contributed by atoms with Crippen LogP contribution in [0.1, 0.15) is 39.2 Å². The summed E-state index contributed by atoms with van der Waals surface area (Å²) in [7, 11) is 0. The molecule has 5 nitrogen and oxygen atoms in total. The number of hydrogen-bond acceptors (Lipinski definition) is 3. The summed E-state index contributed by atoms with van der Waals surface area (Å²) in [4.78, 5) is 27.6. The molecule has 0 unspecified atom stereocenters. The largest absolute Gasteiger partial charge is 0.482 e. The smallest absolute Gasteiger partial charge is 0.261 e. The van der Waals surface area contributed by atoms with E-state index in [1.807, 2.05) is 20.8 Å². The Labute approximate surface area is 208 Å². The number of benzene rings is 2. The summed E-state index contributed by atoms with van der Waals surface area (Å²) in [6, 6.07) is 9.16. The molecular formula is C23H26Cl4N2O3. The number of amides is 2. The Balaban J connectivity index is 2.26. The van der Waals surface area contributed by atoms with Crippen molar-refractivity contribution in [2.75, 3.05) is 6.61 Å². The first-order valence-corrected chi connectivity index (χ1v) is 11.8. The quantitative estimate of drug-likeness (QED) is 0.395. The molecule has 0 heterocycles. The van der Waals surface area contributed by atoms with Gasteiger partial charge < -0.3 is 15.0 Å². The number of hydrogen-bond donors (Lipinski definition) is 1. The zero-order chi connectivity index (χ0) is 23.8. The summed E-state index contributed by atoms with van der Waals surface area (Å²) < 4.78 is 5.63. The predicted octanol–water partition coefficient (Wildman–Crippen LogP) is 6.40. The van der Waals surface area contributed by atoms with Crippen LogP contribution in [-0.4, -0.2) is 35.4 Å². The standard InChI is InChI=1S/C23H26Cl4N2O3/c1-4-14(3)28-23(31)20(5-2)29(12-15-6-8-17(25)18(26)10-15)22(30)13-32-21-9-7-16(24)11-19(21)27/h6-11,14,20H,4-5,12-13H2,1-3H3,(H,28,31)/t14-,20-/m1/s1. The van der Waals surface area contributed by atoms with Gasteiger partial charge in [-0.2, -0.15) is 0 Å². The number of rotatable bonds is 10. The molecule has 0 aliphatic rings. The molecular weight excluding hydrogens is 494 g/mol. The Morgan fingerprint density at radius 1 is 0.969 bits per heavy atom. The van der Waals surface area contributed by atoms with Crippen LogP contribution in [0.5, 0.6) is 5.75 Å². The lowest BCUT2D eigenvalue weighted by Crippen LogP contribution is -2.51. The molecule has 0 saturated heterocycles. The molecule has 0 spiro atoms. The Kier molecular flexibility index (Phi) is 10.4. The first-order valence-electron chi connectivity index (χ1n) is 10.3. The molecule has 2 aromatic carbocycles. The lowest BCUT2D eigenvalue weighted by atomic mass is 10.1. The molecule has 0 saturated carbocycles. The van der Waals surface area contributed by atoms with Crippen LogP contribution >= 0.6 is 46.4 Å². The van der Waals surface area contributed by atoms with Crippen LogP contribution < -0.4 is 10.1 Å². The second-order valence-electron chi connectivity index (χ2n) is 7.38. The average molecular weight is 520 g/mol. The van der Waals surface area contributed by atoms with E-state index < -0.39 is 6.04 Å². The average Bonchev–Trinajstić information content (AvgIpc) is 2.75. The number of nitrogens with one attached hydrogen (secondary N) is 1. The van der Waals surface area contributed by atoms with Crippen LogP contribution in [0.25, 0.3) is 0 Å². The maximum Gasteiger partial charge on any atom is 0.261 e. The van der Waals surface area contributed by atoms with E-state index in [9.17, 15) is 9.59 Å². The summed E-state index contributed by atoms with van der Waals surface area (Å²) in [5.41, 5.74) is 0.743. The van der Waals surface area contributed by atoms with E-state index in [-0.39, 0.29) is 31.0 Å². The van der Waals surface area contributed by atoms with Crippen molar-refractivity contribution in [2.24, 2.45) is 0 Å². The monoisotopic (exact) mass is 518 g/mol. The first-order chi connectivity index (χ1) is 15.2.